The molecule has 8 nitrogen and oxygen atoms in total. The largest absolute Gasteiger partial charge is 0.372 e. The molecule has 0 atom stereocenters. The van der Waals surface area contributed by atoms with Gasteiger partial charge in [0.25, 0.3) is 0 Å². The molecule has 0 fully saturated rings. The van der Waals surface area contributed by atoms with Crippen molar-refractivity contribution in [3.63, 3.8) is 0 Å². The van der Waals surface area contributed by atoms with Crippen LogP contribution >= 0.6 is 0 Å². The van der Waals surface area contributed by atoms with Crippen molar-refractivity contribution in [2.45, 2.75) is 19.6 Å². The fourth-order valence-electron chi connectivity index (χ4n) is 2.87. The van der Waals surface area contributed by atoms with Gasteiger partial charge in [-0.1, -0.05) is 18.2 Å². The summed E-state index contributed by atoms with van der Waals surface area (Å²) in [5.74, 6) is 0.575. The quantitative estimate of drug-likeness (QED) is 0.762. The molecule has 1 aliphatic rings. The molecule has 8 heteroatoms. The lowest BCUT2D eigenvalue weighted by Crippen LogP contribution is -2.14. The lowest BCUT2D eigenvalue weighted by Gasteiger charge is -2.07. The van der Waals surface area contributed by atoms with Gasteiger partial charge in [-0.05, 0) is 11.1 Å². The molecule has 2 N–H and O–H groups in total. The highest BCUT2D eigenvalue weighted by Crippen LogP contribution is 2.31. The number of hydrogen-bond acceptors (Lipinski definition) is 5. The van der Waals surface area contributed by atoms with E-state index in [0.29, 0.717) is 24.9 Å². The van der Waals surface area contributed by atoms with Crippen molar-refractivity contribution in [3.05, 3.63) is 47.5 Å². The van der Waals surface area contributed by atoms with Crippen molar-refractivity contribution in [2.75, 3.05) is 0 Å². The molecule has 1 aromatic carbocycles. The number of nitrogens with two attached hydrogens (primary N) is 1. The number of carbonyl (C=O) groups is 1. The molecular weight excluding hydrogens is 308 g/mol. The summed E-state index contributed by atoms with van der Waals surface area (Å²) in [7, 11) is 1.83. The van der Waals surface area contributed by atoms with Crippen LogP contribution in [0.3, 0.4) is 0 Å². The van der Waals surface area contributed by atoms with Gasteiger partial charge in [-0.25, -0.2) is 9.67 Å². The van der Waals surface area contributed by atoms with Gasteiger partial charge in [0.05, 0.1) is 32.0 Å². The van der Waals surface area contributed by atoms with Crippen LogP contribution < -0.4 is 5.73 Å². The average molecular weight is 324 g/mol. The highest BCUT2D eigenvalue weighted by molar-refractivity contribution is 5.76. The summed E-state index contributed by atoms with van der Waals surface area (Å²) in [6, 6.07) is 6.00. The van der Waals surface area contributed by atoms with Gasteiger partial charge < -0.3 is 10.5 Å². The summed E-state index contributed by atoms with van der Waals surface area (Å²) < 4.78 is 8.93. The van der Waals surface area contributed by atoms with E-state index in [1.165, 1.54) is 0 Å². The Morgan fingerprint density at radius 1 is 1.38 bits per heavy atom. The minimum atomic E-state index is -0.466. The van der Waals surface area contributed by atoms with Crippen molar-refractivity contribution < 1.29 is 9.53 Å². The molecule has 0 aliphatic carbocycles. The van der Waals surface area contributed by atoms with E-state index in [-0.39, 0.29) is 6.42 Å². The first-order valence-electron chi connectivity index (χ1n) is 7.54. The van der Waals surface area contributed by atoms with E-state index in [1.54, 1.807) is 15.6 Å². The fourth-order valence-corrected chi connectivity index (χ4v) is 2.87. The molecule has 0 spiro atoms. The lowest BCUT2D eigenvalue weighted by molar-refractivity contribution is -0.117. The van der Waals surface area contributed by atoms with E-state index < -0.39 is 5.91 Å². The summed E-state index contributed by atoms with van der Waals surface area (Å²) in [4.78, 5) is 15.8. The topological polar surface area (TPSA) is 101 Å². The molecule has 1 aliphatic heterocycles. The van der Waals surface area contributed by atoms with Crippen molar-refractivity contribution in [1.29, 1.82) is 0 Å². The molecule has 1 amide bonds. The average Bonchev–Trinajstić information content (AvgIpc) is 3.24. The minimum absolute atomic E-state index is 0.00815. The molecule has 3 aromatic rings. The summed E-state index contributed by atoms with van der Waals surface area (Å²) in [6.45, 7) is 1.13. The van der Waals surface area contributed by atoms with E-state index in [1.807, 2.05) is 31.4 Å². The zero-order valence-corrected chi connectivity index (χ0v) is 13.1. The molecule has 0 bridgehead atoms. The van der Waals surface area contributed by atoms with E-state index in [4.69, 9.17) is 10.5 Å². The van der Waals surface area contributed by atoms with Crippen molar-refractivity contribution >= 4 is 5.91 Å². The van der Waals surface area contributed by atoms with Crippen LogP contribution in [0.25, 0.3) is 17.1 Å². The molecule has 2 aromatic heterocycles. The maximum absolute atomic E-state index is 11.3. The van der Waals surface area contributed by atoms with E-state index in [2.05, 4.69) is 15.2 Å². The predicted molar refractivity (Wildman–Crippen MR) is 85.0 cm³/mol. The molecule has 24 heavy (non-hydrogen) atoms. The summed E-state index contributed by atoms with van der Waals surface area (Å²) in [5, 5.41) is 8.63. The number of benzene rings is 1. The normalized spacial score (nSPS) is 13.2. The Balaban J connectivity index is 1.89. The number of aryl methyl sites for hydroxylation is 1. The van der Waals surface area contributed by atoms with Gasteiger partial charge in [-0.15, -0.1) is 0 Å². The van der Waals surface area contributed by atoms with E-state index >= 15 is 0 Å². The Kier molecular flexibility index (Phi) is 3.39. The molecule has 0 saturated carbocycles. The number of hydrogen-bond donors (Lipinski definition) is 1. The Morgan fingerprint density at radius 2 is 2.25 bits per heavy atom. The molecule has 0 saturated heterocycles. The highest BCUT2D eigenvalue weighted by Gasteiger charge is 2.22. The Hall–Kier alpha value is -3.00. The first-order valence-corrected chi connectivity index (χ1v) is 7.54. The number of carbonyl (C=O) groups excluding carboxylic acids is 1. The standard InChI is InChI=1S/C16H16N6O2/c1-21-7-11(6-18-21)22-16(19-15(20-22)5-14(17)23)12-4-2-3-10-8-24-9-13(10)12/h2-4,6-7H,5,8-9H2,1H3,(H2,17,23). The van der Waals surface area contributed by atoms with Crippen LogP contribution in [0, 0.1) is 0 Å². The molecule has 0 radical (unpaired) electrons. The van der Waals surface area contributed by atoms with Gasteiger partial charge in [-0.2, -0.15) is 10.2 Å². The number of fused-ring (bicyclic) bond motifs is 1. The van der Waals surface area contributed by atoms with E-state index in [0.717, 1.165) is 22.4 Å². The second kappa shape index (κ2) is 5.57. The van der Waals surface area contributed by atoms with Gasteiger partial charge in [0.2, 0.25) is 5.91 Å². The number of aromatic nitrogens is 5. The predicted octanol–water partition coefficient (Wildman–Crippen LogP) is 0.726. The van der Waals surface area contributed by atoms with Gasteiger partial charge >= 0.3 is 0 Å². The van der Waals surface area contributed by atoms with Crippen LogP contribution in [0.4, 0.5) is 0 Å². The lowest BCUT2D eigenvalue weighted by atomic mass is 10.0. The minimum Gasteiger partial charge on any atom is -0.372 e. The van der Waals surface area contributed by atoms with Gasteiger partial charge in [0.15, 0.2) is 11.6 Å². The SMILES string of the molecule is Cn1cc(-n2nc(CC(N)=O)nc2-c2cccc3c2COC3)cn1. The zero-order chi connectivity index (χ0) is 16.7. The second-order valence-corrected chi connectivity index (χ2v) is 5.71. The first-order chi connectivity index (χ1) is 11.6. The van der Waals surface area contributed by atoms with Crippen LogP contribution in [0.15, 0.2) is 30.6 Å². The van der Waals surface area contributed by atoms with Crippen molar-refractivity contribution in [3.8, 4) is 17.1 Å². The van der Waals surface area contributed by atoms with Gasteiger partial charge in [0, 0.05) is 12.6 Å². The Labute approximate surface area is 137 Å². The molecule has 122 valence electrons. The van der Waals surface area contributed by atoms with Crippen molar-refractivity contribution in [1.82, 2.24) is 24.5 Å². The molecule has 3 heterocycles. The smallest absolute Gasteiger partial charge is 0.225 e. The van der Waals surface area contributed by atoms with Crippen LogP contribution in [0.5, 0.6) is 0 Å². The second-order valence-electron chi connectivity index (χ2n) is 5.71. The first kappa shape index (κ1) is 14.6. The summed E-state index contributed by atoms with van der Waals surface area (Å²) >= 11 is 0. The number of ether oxygens (including phenoxy) is 1. The highest BCUT2D eigenvalue weighted by atomic mass is 16.5. The van der Waals surface area contributed by atoms with Crippen LogP contribution in [0.2, 0.25) is 0 Å². The number of primary amides is 1. The number of rotatable bonds is 4. The Morgan fingerprint density at radius 3 is 3.00 bits per heavy atom. The number of amides is 1. The third-order valence-corrected chi connectivity index (χ3v) is 3.94. The van der Waals surface area contributed by atoms with Crippen LogP contribution in [0.1, 0.15) is 17.0 Å². The summed E-state index contributed by atoms with van der Waals surface area (Å²) in [6.07, 6.45) is 3.53. The maximum atomic E-state index is 11.3. The van der Waals surface area contributed by atoms with Gasteiger partial charge in [0.1, 0.15) is 5.69 Å². The molecule has 0 unspecified atom stereocenters. The summed E-state index contributed by atoms with van der Waals surface area (Å²) in [5.41, 5.74) is 9.24. The third kappa shape index (κ3) is 2.46. The fraction of sp³-hybridized carbons (Fsp3) is 0.250. The van der Waals surface area contributed by atoms with Crippen LogP contribution in [-0.2, 0) is 36.2 Å². The maximum Gasteiger partial charge on any atom is 0.225 e. The Bertz CT molecular complexity index is 927. The van der Waals surface area contributed by atoms with E-state index in [9.17, 15) is 4.79 Å². The third-order valence-electron chi connectivity index (χ3n) is 3.94. The zero-order valence-electron chi connectivity index (χ0n) is 13.1. The van der Waals surface area contributed by atoms with Crippen LogP contribution in [-0.4, -0.2) is 30.5 Å². The number of nitrogens with zero attached hydrogens (tertiary/aromatic N) is 5. The van der Waals surface area contributed by atoms with Gasteiger partial charge in [-0.3, -0.25) is 9.48 Å². The molecule has 4 rings (SSSR count). The molecular formula is C16H16N6O2. The van der Waals surface area contributed by atoms with Crippen molar-refractivity contribution in [2.24, 2.45) is 12.8 Å². The monoisotopic (exact) mass is 324 g/mol.